The Hall–Kier alpha value is -2.88. The van der Waals surface area contributed by atoms with Gasteiger partial charge >= 0.3 is 25.2 Å². The van der Waals surface area contributed by atoms with Gasteiger partial charge in [0.2, 0.25) is 0 Å². The molecule has 6 nitrogen and oxygen atoms in total. The van der Waals surface area contributed by atoms with Crippen molar-refractivity contribution in [2.24, 2.45) is 0 Å². The quantitative estimate of drug-likeness (QED) is 0.590. The van der Waals surface area contributed by atoms with Crippen molar-refractivity contribution in [3.63, 3.8) is 0 Å². The van der Waals surface area contributed by atoms with Gasteiger partial charge in [-0.05, 0) is 17.8 Å². The van der Waals surface area contributed by atoms with Crippen LogP contribution in [0.5, 0.6) is 0 Å². The number of halogens is 3. The van der Waals surface area contributed by atoms with Gasteiger partial charge in [-0.1, -0.05) is 42.5 Å². The van der Waals surface area contributed by atoms with Crippen molar-refractivity contribution in [1.29, 1.82) is 0 Å². The Labute approximate surface area is 158 Å². The van der Waals surface area contributed by atoms with Gasteiger partial charge in [0.05, 0.1) is 13.1 Å². The molecule has 0 saturated carbocycles. The molecule has 1 heterocycles. The number of rotatable bonds is 3. The molecule has 0 unspecified atom stereocenters. The minimum Gasteiger partial charge on any atom is -0.498 e. The van der Waals surface area contributed by atoms with Gasteiger partial charge in [-0.3, -0.25) is 19.3 Å². The van der Waals surface area contributed by atoms with Gasteiger partial charge in [0, 0.05) is 5.56 Å². The molecular formula is C18H15BF3NO5. The summed E-state index contributed by atoms with van der Waals surface area (Å²) < 4.78 is 50.8. The normalized spacial score (nSPS) is 17.5. The highest BCUT2D eigenvalue weighted by molar-refractivity contribution is 6.57. The second-order valence-corrected chi connectivity index (χ2v) is 6.43. The molecule has 1 atom stereocenters. The molecule has 0 bridgehead atoms. The van der Waals surface area contributed by atoms with E-state index in [4.69, 9.17) is 9.31 Å². The molecule has 10 heteroatoms. The molecule has 0 amide bonds. The molecule has 0 aliphatic carbocycles. The summed E-state index contributed by atoms with van der Waals surface area (Å²) in [6, 6.07) is 10.8. The van der Waals surface area contributed by atoms with Crippen LogP contribution in [0.3, 0.4) is 0 Å². The molecule has 2 aromatic rings. The summed E-state index contributed by atoms with van der Waals surface area (Å²) in [6.45, 7) is -0.808. The SMILES string of the molecule is CN1CC(=O)OB([C@H](C(=O)c2cccc3ccccc23)C(F)(F)F)OC(=O)C1. The number of ketones is 1. The maximum atomic E-state index is 13.8. The molecule has 2 aromatic carbocycles. The van der Waals surface area contributed by atoms with E-state index in [0.717, 1.165) is 0 Å². The van der Waals surface area contributed by atoms with E-state index in [1.807, 2.05) is 0 Å². The summed E-state index contributed by atoms with van der Waals surface area (Å²) in [7, 11) is -0.981. The molecule has 1 aliphatic heterocycles. The summed E-state index contributed by atoms with van der Waals surface area (Å²) in [5.41, 5.74) is -0.202. The van der Waals surface area contributed by atoms with Crippen LogP contribution in [0.4, 0.5) is 13.2 Å². The fraction of sp³-hybridized carbons (Fsp3) is 0.278. The molecule has 1 fully saturated rings. The number of carbonyl (C=O) groups excluding carboxylic acids is 3. The van der Waals surface area contributed by atoms with Crippen molar-refractivity contribution in [1.82, 2.24) is 4.90 Å². The second-order valence-electron chi connectivity index (χ2n) is 6.43. The summed E-state index contributed by atoms with van der Waals surface area (Å²) in [5.74, 6) is -6.24. The van der Waals surface area contributed by atoms with Crippen molar-refractivity contribution in [3.05, 3.63) is 48.0 Å². The van der Waals surface area contributed by atoms with Crippen molar-refractivity contribution in [2.75, 3.05) is 20.1 Å². The molecule has 146 valence electrons. The van der Waals surface area contributed by atoms with Crippen LogP contribution in [-0.2, 0) is 18.9 Å². The van der Waals surface area contributed by atoms with E-state index in [0.29, 0.717) is 10.8 Å². The first-order valence-corrected chi connectivity index (χ1v) is 8.33. The molecule has 0 aromatic heterocycles. The van der Waals surface area contributed by atoms with Crippen LogP contribution in [0.25, 0.3) is 10.8 Å². The van der Waals surface area contributed by atoms with Crippen LogP contribution < -0.4 is 0 Å². The van der Waals surface area contributed by atoms with E-state index in [-0.39, 0.29) is 5.56 Å². The number of benzene rings is 2. The Kier molecular flexibility index (Phi) is 5.41. The van der Waals surface area contributed by atoms with Crippen LogP contribution >= 0.6 is 0 Å². The molecule has 0 spiro atoms. The third kappa shape index (κ3) is 4.17. The molecular weight excluding hydrogens is 378 g/mol. The van der Waals surface area contributed by atoms with E-state index in [9.17, 15) is 27.6 Å². The van der Waals surface area contributed by atoms with Crippen LogP contribution in [-0.4, -0.2) is 56.1 Å². The predicted molar refractivity (Wildman–Crippen MR) is 93.5 cm³/mol. The minimum atomic E-state index is -5.11. The van der Waals surface area contributed by atoms with E-state index < -0.39 is 49.9 Å². The molecule has 0 N–H and O–H groups in total. The summed E-state index contributed by atoms with van der Waals surface area (Å²) >= 11 is 0. The van der Waals surface area contributed by atoms with Crippen LogP contribution in [0, 0.1) is 0 Å². The first-order valence-electron chi connectivity index (χ1n) is 8.33. The van der Waals surface area contributed by atoms with Crippen molar-refractivity contribution in [2.45, 2.75) is 12.0 Å². The Morgan fingerprint density at radius 3 is 2.21 bits per heavy atom. The lowest BCUT2D eigenvalue weighted by Crippen LogP contribution is -2.49. The van der Waals surface area contributed by atoms with Gasteiger partial charge in [-0.25, -0.2) is 0 Å². The number of nitrogens with zero attached hydrogens (tertiary/aromatic N) is 1. The molecule has 28 heavy (non-hydrogen) atoms. The first kappa shape index (κ1) is 19.9. The first-order chi connectivity index (χ1) is 13.2. The Morgan fingerprint density at radius 1 is 1.04 bits per heavy atom. The second kappa shape index (κ2) is 7.63. The predicted octanol–water partition coefficient (Wildman–Crippen LogP) is 2.48. The standard InChI is InChI=1S/C18H15BF3NO5/c1-23-9-14(24)27-19(28-15(25)10-23)17(18(20,21)22)16(26)13-8-4-6-11-5-2-3-7-12(11)13/h2-8,17H,9-10H2,1H3/t17-/m1/s1. The van der Waals surface area contributed by atoms with E-state index in [1.54, 1.807) is 24.3 Å². The molecule has 1 saturated heterocycles. The fourth-order valence-electron chi connectivity index (χ4n) is 3.02. The van der Waals surface area contributed by atoms with E-state index >= 15 is 0 Å². The summed E-state index contributed by atoms with van der Waals surface area (Å²) in [5, 5.41) is 0.884. The Balaban J connectivity index is 2.03. The zero-order chi connectivity index (χ0) is 20.5. The monoisotopic (exact) mass is 393 g/mol. The maximum Gasteiger partial charge on any atom is 0.619 e. The zero-order valence-corrected chi connectivity index (χ0v) is 14.7. The summed E-state index contributed by atoms with van der Waals surface area (Å²) in [6.07, 6.45) is -5.11. The van der Waals surface area contributed by atoms with E-state index in [1.165, 1.54) is 30.1 Å². The van der Waals surface area contributed by atoms with Crippen molar-refractivity contribution < 1.29 is 36.9 Å². The lowest BCUT2D eigenvalue weighted by atomic mass is 9.66. The Bertz CT molecular complexity index is 908. The third-order valence-corrected chi connectivity index (χ3v) is 4.26. The zero-order valence-electron chi connectivity index (χ0n) is 14.7. The number of Topliss-reactive ketones (excluding diaryl/α,β-unsaturated/α-hetero) is 1. The van der Waals surface area contributed by atoms with E-state index in [2.05, 4.69) is 0 Å². The number of hydrogen-bond donors (Lipinski definition) is 0. The number of fused-ring (bicyclic) bond motifs is 1. The lowest BCUT2D eigenvalue weighted by Gasteiger charge is -2.27. The van der Waals surface area contributed by atoms with Crippen LogP contribution in [0.1, 0.15) is 10.4 Å². The average Bonchev–Trinajstić information content (AvgIpc) is 2.58. The van der Waals surface area contributed by atoms with Gasteiger partial charge in [0.25, 0.3) is 0 Å². The van der Waals surface area contributed by atoms with Crippen molar-refractivity contribution in [3.8, 4) is 0 Å². The van der Waals surface area contributed by atoms with Gasteiger partial charge in [0.15, 0.2) is 11.6 Å². The average molecular weight is 393 g/mol. The highest BCUT2D eigenvalue weighted by atomic mass is 19.4. The van der Waals surface area contributed by atoms with Gasteiger partial charge in [0.1, 0.15) is 0 Å². The molecule has 1 aliphatic rings. The molecule has 0 radical (unpaired) electrons. The van der Waals surface area contributed by atoms with Crippen molar-refractivity contribution >= 4 is 35.6 Å². The minimum absolute atomic E-state index is 0.202. The van der Waals surface area contributed by atoms with Crippen LogP contribution in [0.2, 0.25) is 5.82 Å². The van der Waals surface area contributed by atoms with Gasteiger partial charge < -0.3 is 9.31 Å². The topological polar surface area (TPSA) is 72.9 Å². The highest BCUT2D eigenvalue weighted by Gasteiger charge is 2.59. The largest absolute Gasteiger partial charge is 0.619 e. The number of carbonyl (C=O) groups is 3. The fourth-order valence-corrected chi connectivity index (χ4v) is 3.02. The maximum absolute atomic E-state index is 13.8. The smallest absolute Gasteiger partial charge is 0.498 e. The number of hydrogen-bond acceptors (Lipinski definition) is 6. The van der Waals surface area contributed by atoms with Crippen LogP contribution in [0.15, 0.2) is 42.5 Å². The lowest BCUT2D eigenvalue weighted by molar-refractivity contribution is -0.150. The molecule has 3 rings (SSSR count). The number of alkyl halides is 3. The highest BCUT2D eigenvalue weighted by Crippen LogP contribution is 2.38. The number of likely N-dealkylation sites (N-methyl/N-ethyl adjacent to an activating group) is 1. The Morgan fingerprint density at radius 2 is 1.61 bits per heavy atom. The summed E-state index contributed by atoms with van der Waals surface area (Å²) in [4.78, 5) is 37.8. The van der Waals surface area contributed by atoms with Gasteiger partial charge in [-0.15, -0.1) is 0 Å². The third-order valence-electron chi connectivity index (χ3n) is 4.26. The van der Waals surface area contributed by atoms with Gasteiger partial charge in [-0.2, -0.15) is 13.2 Å².